The van der Waals surface area contributed by atoms with E-state index in [0.29, 0.717) is 11.6 Å². The third-order valence-electron chi connectivity index (χ3n) is 2.55. The monoisotopic (exact) mass is 269 g/mol. The predicted molar refractivity (Wildman–Crippen MR) is 69.7 cm³/mol. The summed E-state index contributed by atoms with van der Waals surface area (Å²) >= 11 is 5.88. The topological polar surface area (TPSA) is 66.4 Å². The van der Waals surface area contributed by atoms with Crippen molar-refractivity contribution in [3.8, 4) is 0 Å². The fraction of sp³-hybridized carbons (Fsp3) is 0.385. The molecule has 2 N–H and O–H groups in total. The number of halogens is 1. The van der Waals surface area contributed by atoms with Gasteiger partial charge in [0.1, 0.15) is 0 Å². The van der Waals surface area contributed by atoms with Crippen LogP contribution in [-0.4, -0.2) is 23.5 Å². The van der Waals surface area contributed by atoms with Gasteiger partial charge < -0.3 is 10.4 Å². The van der Waals surface area contributed by atoms with Crippen LogP contribution in [0.25, 0.3) is 0 Å². The van der Waals surface area contributed by atoms with Crippen LogP contribution >= 0.6 is 11.6 Å². The molecule has 0 spiro atoms. The summed E-state index contributed by atoms with van der Waals surface area (Å²) in [6.07, 6.45) is 0.0674. The van der Waals surface area contributed by atoms with Gasteiger partial charge in [0, 0.05) is 23.9 Å². The van der Waals surface area contributed by atoms with Crippen molar-refractivity contribution in [1.29, 1.82) is 0 Å². The predicted octanol–water partition coefficient (Wildman–Crippen LogP) is 2.42. The molecule has 0 bridgehead atoms. The van der Waals surface area contributed by atoms with Gasteiger partial charge in [0.25, 0.3) is 0 Å². The van der Waals surface area contributed by atoms with Crippen LogP contribution in [0, 0.1) is 0 Å². The zero-order chi connectivity index (χ0) is 13.5. The Kier molecular flexibility index (Phi) is 5.65. The lowest BCUT2D eigenvalue weighted by molar-refractivity contribution is -0.137. The summed E-state index contributed by atoms with van der Waals surface area (Å²) in [5, 5.41) is 12.1. The molecule has 1 amide bonds. The minimum Gasteiger partial charge on any atom is -0.481 e. The van der Waals surface area contributed by atoms with Crippen molar-refractivity contribution in [2.24, 2.45) is 0 Å². The van der Waals surface area contributed by atoms with Crippen molar-refractivity contribution in [3.63, 3.8) is 0 Å². The molecule has 1 unspecified atom stereocenters. The van der Waals surface area contributed by atoms with Crippen molar-refractivity contribution in [2.75, 3.05) is 6.54 Å². The number of hydrogen-bond donors (Lipinski definition) is 2. The molecular formula is C13H16ClNO3. The molecule has 0 aliphatic heterocycles. The van der Waals surface area contributed by atoms with E-state index in [0.717, 1.165) is 5.56 Å². The van der Waals surface area contributed by atoms with Crippen molar-refractivity contribution in [3.05, 3.63) is 34.9 Å². The van der Waals surface area contributed by atoms with Gasteiger partial charge in [-0.2, -0.15) is 0 Å². The Morgan fingerprint density at radius 2 is 2.11 bits per heavy atom. The first kappa shape index (κ1) is 14.5. The maximum absolute atomic E-state index is 11.6. The summed E-state index contributed by atoms with van der Waals surface area (Å²) in [4.78, 5) is 22.4. The molecule has 1 rings (SSSR count). The molecule has 0 aliphatic rings. The summed E-state index contributed by atoms with van der Waals surface area (Å²) in [5.74, 6) is -1.43. The van der Waals surface area contributed by atoms with E-state index in [4.69, 9.17) is 16.7 Å². The van der Waals surface area contributed by atoms with E-state index in [9.17, 15) is 9.59 Å². The Bertz CT molecular complexity index is 434. The molecule has 4 nitrogen and oxygen atoms in total. The van der Waals surface area contributed by atoms with Crippen LogP contribution in [0.2, 0.25) is 5.02 Å². The number of aliphatic carboxylic acids is 1. The van der Waals surface area contributed by atoms with Crippen molar-refractivity contribution < 1.29 is 14.7 Å². The van der Waals surface area contributed by atoms with Crippen LogP contribution < -0.4 is 5.32 Å². The lowest BCUT2D eigenvalue weighted by Gasteiger charge is -2.15. The minimum absolute atomic E-state index is 0.0858. The number of benzene rings is 1. The Morgan fingerprint density at radius 1 is 1.39 bits per heavy atom. The zero-order valence-corrected chi connectivity index (χ0v) is 10.9. The summed E-state index contributed by atoms with van der Waals surface area (Å²) in [5.41, 5.74) is 0.774. The van der Waals surface area contributed by atoms with Crippen LogP contribution in [0.4, 0.5) is 0 Å². The highest BCUT2D eigenvalue weighted by Crippen LogP contribution is 2.25. The molecule has 0 radical (unpaired) electrons. The van der Waals surface area contributed by atoms with Gasteiger partial charge in [-0.05, 0) is 24.6 Å². The van der Waals surface area contributed by atoms with Gasteiger partial charge in [-0.25, -0.2) is 0 Å². The van der Waals surface area contributed by atoms with Gasteiger partial charge in [-0.15, -0.1) is 0 Å². The summed E-state index contributed by atoms with van der Waals surface area (Å²) in [6.45, 7) is 2.36. The van der Waals surface area contributed by atoms with Crippen LogP contribution in [0.3, 0.4) is 0 Å². The van der Waals surface area contributed by atoms with E-state index in [1.165, 1.54) is 0 Å². The fourth-order valence-electron chi connectivity index (χ4n) is 1.77. The van der Waals surface area contributed by atoms with Gasteiger partial charge >= 0.3 is 5.97 Å². The lowest BCUT2D eigenvalue weighted by atomic mass is 9.92. The van der Waals surface area contributed by atoms with Gasteiger partial charge in [0.2, 0.25) is 5.91 Å². The lowest BCUT2D eigenvalue weighted by Crippen LogP contribution is -2.25. The molecule has 0 aromatic heterocycles. The highest BCUT2D eigenvalue weighted by atomic mass is 35.5. The Balaban J connectivity index is 2.84. The van der Waals surface area contributed by atoms with Crippen LogP contribution in [0.1, 0.15) is 31.2 Å². The molecular weight excluding hydrogens is 254 g/mol. The largest absolute Gasteiger partial charge is 0.481 e. The number of carboxylic acid groups (broad SMARTS) is 1. The van der Waals surface area contributed by atoms with Crippen molar-refractivity contribution in [2.45, 2.75) is 25.7 Å². The molecule has 5 heteroatoms. The van der Waals surface area contributed by atoms with Crippen LogP contribution in [0.5, 0.6) is 0 Å². The Labute approximate surface area is 111 Å². The average molecular weight is 270 g/mol. The quantitative estimate of drug-likeness (QED) is 0.833. The highest BCUT2D eigenvalue weighted by Gasteiger charge is 2.19. The molecule has 0 fully saturated rings. The minimum atomic E-state index is -0.927. The van der Waals surface area contributed by atoms with E-state index in [1.54, 1.807) is 24.3 Å². The standard InChI is InChI=1S/C13H16ClNO3/c1-2-15-12(16)7-10(8-13(17)18)9-4-3-5-11(14)6-9/h3-6,10H,2,7-8H2,1H3,(H,15,16)(H,17,18). The number of carbonyl (C=O) groups is 2. The average Bonchev–Trinajstić information content (AvgIpc) is 2.28. The molecule has 1 atom stereocenters. The number of amides is 1. The SMILES string of the molecule is CCNC(=O)CC(CC(=O)O)c1cccc(Cl)c1. The number of rotatable bonds is 6. The maximum Gasteiger partial charge on any atom is 0.303 e. The van der Waals surface area contributed by atoms with E-state index in [2.05, 4.69) is 5.32 Å². The molecule has 0 aliphatic carbocycles. The van der Waals surface area contributed by atoms with E-state index < -0.39 is 5.97 Å². The Morgan fingerprint density at radius 3 is 2.67 bits per heavy atom. The number of hydrogen-bond acceptors (Lipinski definition) is 2. The second-order valence-corrected chi connectivity index (χ2v) is 4.44. The van der Waals surface area contributed by atoms with Crippen molar-refractivity contribution >= 4 is 23.5 Å². The third kappa shape index (κ3) is 4.75. The van der Waals surface area contributed by atoms with Gasteiger partial charge in [0.05, 0.1) is 6.42 Å². The fourth-order valence-corrected chi connectivity index (χ4v) is 1.97. The van der Waals surface area contributed by atoms with Gasteiger partial charge in [-0.1, -0.05) is 23.7 Å². The first-order valence-corrected chi connectivity index (χ1v) is 6.14. The van der Waals surface area contributed by atoms with Crippen LogP contribution in [-0.2, 0) is 9.59 Å². The molecule has 0 saturated carbocycles. The van der Waals surface area contributed by atoms with E-state index in [1.807, 2.05) is 6.92 Å². The molecule has 18 heavy (non-hydrogen) atoms. The first-order valence-electron chi connectivity index (χ1n) is 5.77. The maximum atomic E-state index is 11.6. The Hall–Kier alpha value is -1.55. The second-order valence-electron chi connectivity index (χ2n) is 4.01. The third-order valence-corrected chi connectivity index (χ3v) is 2.78. The number of carboxylic acids is 1. The summed E-state index contributed by atoms with van der Waals surface area (Å²) in [6, 6.07) is 6.96. The van der Waals surface area contributed by atoms with E-state index >= 15 is 0 Å². The van der Waals surface area contributed by atoms with Gasteiger partial charge in [-0.3, -0.25) is 9.59 Å². The second kappa shape index (κ2) is 7.01. The molecule has 1 aromatic rings. The van der Waals surface area contributed by atoms with Crippen LogP contribution in [0.15, 0.2) is 24.3 Å². The van der Waals surface area contributed by atoms with Crippen molar-refractivity contribution in [1.82, 2.24) is 5.32 Å². The molecule has 98 valence electrons. The normalized spacial score (nSPS) is 11.9. The highest BCUT2D eigenvalue weighted by molar-refractivity contribution is 6.30. The zero-order valence-electron chi connectivity index (χ0n) is 10.1. The smallest absolute Gasteiger partial charge is 0.303 e. The summed E-state index contributed by atoms with van der Waals surface area (Å²) in [7, 11) is 0. The molecule has 0 saturated heterocycles. The van der Waals surface area contributed by atoms with E-state index in [-0.39, 0.29) is 24.7 Å². The molecule has 0 heterocycles. The first-order chi connectivity index (χ1) is 8.52. The number of nitrogens with one attached hydrogen (secondary N) is 1. The summed E-state index contributed by atoms with van der Waals surface area (Å²) < 4.78 is 0. The number of carbonyl (C=O) groups excluding carboxylic acids is 1. The van der Waals surface area contributed by atoms with Gasteiger partial charge in [0.15, 0.2) is 0 Å². The molecule has 1 aromatic carbocycles.